The van der Waals surface area contributed by atoms with Crippen molar-refractivity contribution in [2.75, 3.05) is 46.2 Å². The number of carboxylic acid groups (broad SMARTS) is 1. The molecule has 0 spiro atoms. The van der Waals surface area contributed by atoms with E-state index in [4.69, 9.17) is 56.8 Å². The largest absolute Gasteiger partial charge is 0.477 e. The minimum atomic E-state index is -3.22. The Bertz CT molecular complexity index is 2800. The number of carboxylic acids is 1. The Labute approximate surface area is 676 Å². The number of unbranched alkanes of at least 4 members (excludes halogenated alkanes) is 23. The smallest absolute Gasteiger partial charge is 0.364 e. The summed E-state index contributed by atoms with van der Waals surface area (Å²) in [6.07, 6.45) is -29.0. The van der Waals surface area contributed by atoms with Gasteiger partial charge in [-0.3, -0.25) is 14.4 Å². The molecule has 116 heavy (non-hydrogen) atoms. The maximum absolute atomic E-state index is 13.5. The fraction of sp³-hybridized carbons (Fsp3) is 0.922. The number of aliphatic hydroxyl groups excluding tert-OH is 19. The Morgan fingerprint density at radius 1 is 0.448 bits per heavy atom. The molecule has 0 aromatic heterocycles. The van der Waals surface area contributed by atoms with Gasteiger partial charge in [0.15, 0.2) is 31.5 Å². The number of nitrogens with one attached hydrogen (secondary N) is 3. The van der Waals surface area contributed by atoms with E-state index in [0.717, 1.165) is 65.2 Å². The molecule has 23 N–H and O–H groups in total. The van der Waals surface area contributed by atoms with Crippen molar-refractivity contribution in [3.63, 3.8) is 0 Å². The Kier molecular flexibility index (Phi) is 45.5. The van der Waals surface area contributed by atoms with Gasteiger partial charge in [-0.1, -0.05) is 167 Å². The standard InChI is InChI=1S/C77H137N3O36/c1-5-7-9-11-13-15-17-19-21-23-25-27-29-31-44(89)43(80-52(92)32-30-28-26-24-22-20-18-16-14-12-10-8-6-2)40-105-72-61(99)60(98)66(51(39-86)110-72)112-73-63(101)69(57(95)48(36-83)106-73)114-74-62(100)68(56(94)47(35-82)107-74)113-71-54(79-42(4)88)59(97)65(50(38-85)109-71)111-75-64(102)70(58(96)49(37-84)108-75)116-77(76(103)104)33-45(90)53(78-41(3)87)67(115-77)55(93)46(91)34-81/h29,31,43-51,53-75,81-86,89-91,93-102H,5-28,30,32-40H2,1-4H3,(H,78,87)(H,79,88)(H,80,92)(H,103,104)/b31-29+/t43-,44+,45?,46+,47?,48?,49?,50?,51?,53+,54?,55+,56-,57-,58-,59+,60+,61?,62?,63?,64?,65+,66+,67?,68-,69-,70-,71-,72+,73-,74+,75-,77-/m0/s1. The molecule has 0 radical (unpaired) electrons. The van der Waals surface area contributed by atoms with Gasteiger partial charge in [0.05, 0.1) is 70.5 Å². The van der Waals surface area contributed by atoms with Crippen molar-refractivity contribution in [3.8, 4) is 0 Å². The summed E-state index contributed by atoms with van der Waals surface area (Å²) >= 11 is 0. The summed E-state index contributed by atoms with van der Waals surface area (Å²) in [5, 5.41) is 231. The number of aliphatic hydroxyl groups is 19. The zero-order valence-corrected chi connectivity index (χ0v) is 67.1. The van der Waals surface area contributed by atoms with E-state index in [0.29, 0.717) is 12.8 Å². The maximum Gasteiger partial charge on any atom is 0.364 e. The predicted octanol–water partition coefficient (Wildman–Crippen LogP) is -4.00. The van der Waals surface area contributed by atoms with Gasteiger partial charge in [-0.2, -0.15) is 0 Å². The molecular formula is C77H137N3O36. The van der Waals surface area contributed by atoms with Crippen LogP contribution in [0.3, 0.4) is 0 Å². The van der Waals surface area contributed by atoms with Gasteiger partial charge >= 0.3 is 5.97 Å². The van der Waals surface area contributed by atoms with Crippen LogP contribution in [0.15, 0.2) is 12.2 Å². The molecule has 0 aliphatic carbocycles. The highest BCUT2D eigenvalue weighted by Gasteiger charge is 2.62. The zero-order chi connectivity index (χ0) is 85.3. The predicted molar refractivity (Wildman–Crippen MR) is 402 cm³/mol. The van der Waals surface area contributed by atoms with Crippen molar-refractivity contribution in [2.24, 2.45) is 0 Å². The van der Waals surface area contributed by atoms with Crippen LogP contribution in [0.4, 0.5) is 0 Å². The first kappa shape index (κ1) is 101. The molecule has 3 amide bonds. The van der Waals surface area contributed by atoms with Crippen LogP contribution in [0.1, 0.15) is 201 Å². The van der Waals surface area contributed by atoms with Crippen LogP contribution in [-0.4, -0.2) is 374 Å². The molecule has 6 heterocycles. The summed E-state index contributed by atoms with van der Waals surface area (Å²) < 4.78 is 70.4. The summed E-state index contributed by atoms with van der Waals surface area (Å²) in [4.78, 5) is 51.8. The van der Waals surface area contributed by atoms with Crippen LogP contribution < -0.4 is 16.0 Å². The quantitative estimate of drug-likeness (QED) is 0.0204. The SMILES string of the molecule is CCCCCCCCCCCCC/C=C/[C@@H](O)[C@H](CO[C@@H]1OC(CO)[C@@H](O[C@@H]2OC(CO)[C@H](O)[C@H](O[C@H]3OC(CO)[C@H](O)[C@H](O[C@@H]4OC(CO)[C@@H](O[C@@H]5OC(CO)[C@H](O)[C@H](O[C@]6(C(=O)O)CC(O)[C@@H](NC(C)=O)C([C@H](O)[C@H](O)CO)O6)C5O)[C@H](O)C4NC(C)=O)C3O)C2O)[C@H](O)C1O)NC(=O)CCCCCCCCCCCCCCC. The van der Waals surface area contributed by atoms with Crippen LogP contribution in [-0.2, 0) is 76.0 Å². The minimum Gasteiger partial charge on any atom is -0.477 e. The van der Waals surface area contributed by atoms with Gasteiger partial charge in [-0.15, -0.1) is 0 Å². The lowest BCUT2D eigenvalue weighted by Crippen LogP contribution is -2.71. The molecule has 676 valence electrons. The number of hydrogen-bond acceptors (Lipinski definition) is 35. The van der Waals surface area contributed by atoms with Crippen molar-refractivity contribution < 1.29 is 178 Å². The second-order valence-corrected chi connectivity index (χ2v) is 31.4. The highest BCUT2D eigenvalue weighted by Crippen LogP contribution is 2.41. The number of amides is 3. The number of hydrogen-bond donors (Lipinski definition) is 23. The normalized spacial score (nSPS) is 36.9. The fourth-order valence-corrected chi connectivity index (χ4v) is 15.4. The summed E-state index contributed by atoms with van der Waals surface area (Å²) in [6, 6.07) is -4.71. The first-order valence-corrected chi connectivity index (χ1v) is 41.6. The summed E-state index contributed by atoms with van der Waals surface area (Å²) in [6.45, 7) is -0.682. The topological polar surface area (TPSA) is 620 Å². The van der Waals surface area contributed by atoms with E-state index in [2.05, 4.69) is 29.8 Å². The first-order valence-electron chi connectivity index (χ1n) is 41.6. The van der Waals surface area contributed by atoms with E-state index in [1.165, 1.54) is 96.3 Å². The lowest BCUT2D eigenvalue weighted by molar-refractivity contribution is -0.394. The number of allylic oxidation sites excluding steroid dienone is 1. The van der Waals surface area contributed by atoms with Gasteiger partial charge in [0.2, 0.25) is 17.7 Å². The van der Waals surface area contributed by atoms with Crippen molar-refractivity contribution in [3.05, 3.63) is 12.2 Å². The Morgan fingerprint density at radius 3 is 1.28 bits per heavy atom. The van der Waals surface area contributed by atoms with Crippen molar-refractivity contribution in [1.82, 2.24) is 16.0 Å². The van der Waals surface area contributed by atoms with E-state index in [1.54, 1.807) is 6.08 Å². The molecule has 0 bridgehead atoms. The number of carbonyl (C=O) groups is 4. The Morgan fingerprint density at radius 2 is 0.836 bits per heavy atom. The molecule has 0 aromatic rings. The molecule has 12 unspecified atom stereocenters. The number of ether oxygens (including phenoxy) is 12. The molecule has 39 nitrogen and oxygen atoms in total. The monoisotopic (exact) mass is 1680 g/mol. The van der Waals surface area contributed by atoms with Crippen LogP contribution in [0.5, 0.6) is 0 Å². The first-order chi connectivity index (χ1) is 55.5. The Balaban J connectivity index is 1.12. The second-order valence-electron chi connectivity index (χ2n) is 31.4. The number of aliphatic carboxylic acids is 1. The van der Waals surface area contributed by atoms with Crippen molar-refractivity contribution in [2.45, 2.75) is 403 Å². The average molecular weight is 1680 g/mol. The van der Waals surface area contributed by atoms with Gasteiger partial charge < -0.3 is 175 Å². The summed E-state index contributed by atoms with van der Waals surface area (Å²) in [5.41, 5.74) is 0. The lowest BCUT2D eigenvalue weighted by Gasteiger charge is -2.51. The molecule has 6 fully saturated rings. The average Bonchev–Trinajstić information content (AvgIpc) is 0.745. The van der Waals surface area contributed by atoms with Gasteiger partial charge in [-0.05, 0) is 19.3 Å². The molecule has 6 aliphatic rings. The number of carbonyl (C=O) groups excluding carboxylic acids is 3. The van der Waals surface area contributed by atoms with E-state index in [1.807, 2.05) is 6.08 Å². The van der Waals surface area contributed by atoms with Gasteiger partial charge in [-0.25, -0.2) is 4.79 Å². The summed E-state index contributed by atoms with van der Waals surface area (Å²) in [5.74, 6) is -7.44. The third-order valence-corrected chi connectivity index (χ3v) is 22.2. The summed E-state index contributed by atoms with van der Waals surface area (Å²) in [7, 11) is 0. The molecule has 33 atom stereocenters. The van der Waals surface area contributed by atoms with Crippen LogP contribution in [0.25, 0.3) is 0 Å². The molecule has 6 rings (SSSR count). The third kappa shape index (κ3) is 29.3. The van der Waals surface area contributed by atoms with Gasteiger partial charge in [0.25, 0.3) is 5.79 Å². The van der Waals surface area contributed by atoms with Gasteiger partial charge in [0, 0.05) is 26.7 Å². The van der Waals surface area contributed by atoms with E-state index >= 15 is 0 Å². The molecule has 0 aromatic carbocycles. The second kappa shape index (κ2) is 52.1. The van der Waals surface area contributed by atoms with Crippen molar-refractivity contribution >= 4 is 23.7 Å². The zero-order valence-electron chi connectivity index (χ0n) is 67.1. The van der Waals surface area contributed by atoms with Crippen molar-refractivity contribution in [1.29, 1.82) is 0 Å². The fourth-order valence-electron chi connectivity index (χ4n) is 15.4. The highest BCUT2D eigenvalue weighted by molar-refractivity contribution is 5.77. The van der Waals surface area contributed by atoms with Gasteiger partial charge in [0.1, 0.15) is 140 Å². The molecule has 39 heteroatoms. The lowest BCUT2D eigenvalue weighted by atomic mass is 9.88. The number of rotatable bonds is 53. The van der Waals surface area contributed by atoms with Crippen LogP contribution in [0.2, 0.25) is 0 Å². The molecular weight excluding hydrogens is 1540 g/mol. The highest BCUT2D eigenvalue weighted by atomic mass is 16.8. The minimum absolute atomic E-state index is 0.161. The van der Waals surface area contributed by atoms with Crippen LogP contribution in [0, 0.1) is 0 Å². The van der Waals surface area contributed by atoms with E-state index in [9.17, 15) is 121 Å². The molecule has 6 aliphatic heterocycles. The molecule has 0 saturated carbocycles. The van der Waals surface area contributed by atoms with E-state index in [-0.39, 0.29) is 12.3 Å². The molecule has 6 saturated heterocycles. The third-order valence-electron chi connectivity index (χ3n) is 22.2. The maximum atomic E-state index is 13.5. The van der Waals surface area contributed by atoms with E-state index < -0.39 is 272 Å². The van der Waals surface area contributed by atoms with Crippen LogP contribution >= 0.6 is 0 Å². The Hall–Kier alpha value is -3.62.